The molecule has 1 atom stereocenters. The summed E-state index contributed by atoms with van der Waals surface area (Å²) < 4.78 is 7.66. The first kappa shape index (κ1) is 14.9. The summed E-state index contributed by atoms with van der Waals surface area (Å²) in [6.07, 6.45) is 0. The van der Waals surface area contributed by atoms with Crippen LogP contribution in [0.2, 0.25) is 5.02 Å². The lowest BCUT2D eigenvalue weighted by atomic mass is 10.1. The first-order valence-corrected chi connectivity index (χ1v) is 6.95. The zero-order chi connectivity index (χ0) is 14.9. The van der Waals surface area contributed by atoms with Crippen LogP contribution in [0.5, 0.6) is 5.75 Å². The maximum Gasteiger partial charge on any atom is 0.131 e. The Hall–Kier alpha value is -1.52. The molecule has 0 aliphatic heterocycles. The van der Waals surface area contributed by atoms with Crippen molar-refractivity contribution >= 4 is 11.6 Å². The average molecular weight is 294 g/mol. The van der Waals surface area contributed by atoms with Crippen LogP contribution in [-0.4, -0.2) is 9.78 Å². The van der Waals surface area contributed by atoms with E-state index in [1.54, 1.807) is 4.68 Å². The highest BCUT2D eigenvalue weighted by Gasteiger charge is 2.14. The standard InChI is InChI=1S/C15H20ClN3O/c1-9-5-6-12(10(2)17)14(7-9)20-8-13-15(16)11(3)18-19(13)4/h5-7,10H,8,17H2,1-4H3/t10-/m0/s1. The molecular formula is C15H20ClN3O. The van der Waals surface area contributed by atoms with E-state index in [2.05, 4.69) is 5.10 Å². The fraction of sp³-hybridized carbons (Fsp3) is 0.400. The zero-order valence-corrected chi connectivity index (χ0v) is 13.0. The van der Waals surface area contributed by atoms with Gasteiger partial charge < -0.3 is 10.5 Å². The van der Waals surface area contributed by atoms with Crippen molar-refractivity contribution < 1.29 is 4.74 Å². The van der Waals surface area contributed by atoms with Gasteiger partial charge in [0.15, 0.2) is 0 Å². The predicted octanol–water partition coefficient (Wildman–Crippen LogP) is 3.29. The van der Waals surface area contributed by atoms with Gasteiger partial charge in [0, 0.05) is 18.7 Å². The van der Waals surface area contributed by atoms with Gasteiger partial charge in [-0.1, -0.05) is 23.7 Å². The molecule has 0 aliphatic rings. The van der Waals surface area contributed by atoms with Gasteiger partial charge in [-0.2, -0.15) is 5.10 Å². The van der Waals surface area contributed by atoms with Gasteiger partial charge in [-0.25, -0.2) is 0 Å². The molecule has 108 valence electrons. The van der Waals surface area contributed by atoms with Crippen molar-refractivity contribution in [3.63, 3.8) is 0 Å². The van der Waals surface area contributed by atoms with Crippen LogP contribution in [0.3, 0.4) is 0 Å². The smallest absolute Gasteiger partial charge is 0.131 e. The highest BCUT2D eigenvalue weighted by Crippen LogP contribution is 2.27. The summed E-state index contributed by atoms with van der Waals surface area (Å²) in [5.41, 5.74) is 9.77. The van der Waals surface area contributed by atoms with E-state index in [1.165, 1.54) is 0 Å². The Labute approximate surface area is 124 Å². The molecule has 0 aliphatic carbocycles. The Morgan fingerprint density at radius 2 is 2.10 bits per heavy atom. The van der Waals surface area contributed by atoms with Gasteiger partial charge in [0.05, 0.1) is 16.4 Å². The van der Waals surface area contributed by atoms with Crippen LogP contribution in [0.15, 0.2) is 18.2 Å². The molecule has 1 aromatic carbocycles. The number of hydrogen-bond acceptors (Lipinski definition) is 3. The topological polar surface area (TPSA) is 53.1 Å². The van der Waals surface area contributed by atoms with E-state index < -0.39 is 0 Å². The second-order valence-electron chi connectivity index (χ2n) is 5.09. The molecule has 0 bridgehead atoms. The van der Waals surface area contributed by atoms with Crippen molar-refractivity contribution in [3.05, 3.63) is 45.7 Å². The summed E-state index contributed by atoms with van der Waals surface area (Å²) in [6, 6.07) is 5.96. The second kappa shape index (κ2) is 5.85. The molecule has 0 unspecified atom stereocenters. The average Bonchev–Trinajstić information content (AvgIpc) is 2.61. The Morgan fingerprint density at radius 3 is 2.65 bits per heavy atom. The van der Waals surface area contributed by atoms with Crippen LogP contribution in [0.1, 0.15) is 35.5 Å². The van der Waals surface area contributed by atoms with Crippen molar-refractivity contribution in [1.29, 1.82) is 0 Å². The molecule has 0 amide bonds. The van der Waals surface area contributed by atoms with E-state index >= 15 is 0 Å². The van der Waals surface area contributed by atoms with E-state index in [0.29, 0.717) is 11.6 Å². The number of halogens is 1. The Morgan fingerprint density at radius 1 is 1.40 bits per heavy atom. The molecule has 5 heteroatoms. The van der Waals surface area contributed by atoms with Crippen molar-refractivity contribution in [2.75, 3.05) is 0 Å². The number of aromatic nitrogens is 2. The van der Waals surface area contributed by atoms with E-state index in [0.717, 1.165) is 28.3 Å². The minimum atomic E-state index is -0.0747. The highest BCUT2D eigenvalue weighted by atomic mass is 35.5. The first-order valence-electron chi connectivity index (χ1n) is 6.57. The zero-order valence-electron chi connectivity index (χ0n) is 12.3. The third-order valence-electron chi connectivity index (χ3n) is 3.29. The quantitative estimate of drug-likeness (QED) is 0.941. The van der Waals surface area contributed by atoms with Gasteiger partial charge in [-0.3, -0.25) is 4.68 Å². The van der Waals surface area contributed by atoms with E-state index in [9.17, 15) is 0 Å². The van der Waals surface area contributed by atoms with E-state index in [4.69, 9.17) is 22.1 Å². The molecule has 0 fully saturated rings. The molecule has 4 nitrogen and oxygen atoms in total. The third-order valence-corrected chi connectivity index (χ3v) is 3.78. The molecule has 0 spiro atoms. The molecule has 1 aromatic heterocycles. The highest BCUT2D eigenvalue weighted by molar-refractivity contribution is 6.31. The number of rotatable bonds is 4. The summed E-state index contributed by atoms with van der Waals surface area (Å²) in [7, 11) is 1.86. The summed E-state index contributed by atoms with van der Waals surface area (Å²) >= 11 is 6.23. The van der Waals surface area contributed by atoms with Gasteiger partial charge in [-0.15, -0.1) is 0 Å². The Balaban J connectivity index is 2.24. The number of nitrogens with zero attached hydrogens (tertiary/aromatic N) is 2. The fourth-order valence-corrected chi connectivity index (χ4v) is 2.34. The Bertz CT molecular complexity index is 620. The van der Waals surface area contributed by atoms with Crippen LogP contribution < -0.4 is 10.5 Å². The van der Waals surface area contributed by atoms with Crippen LogP contribution in [0.25, 0.3) is 0 Å². The second-order valence-corrected chi connectivity index (χ2v) is 5.47. The third kappa shape index (κ3) is 2.97. The SMILES string of the molecule is Cc1ccc([C@H](C)N)c(OCc2c(Cl)c(C)nn2C)c1. The lowest BCUT2D eigenvalue weighted by molar-refractivity contribution is 0.290. The van der Waals surface area contributed by atoms with E-state index in [-0.39, 0.29) is 6.04 Å². The van der Waals surface area contributed by atoms with Crippen LogP contribution in [0.4, 0.5) is 0 Å². The fourth-order valence-electron chi connectivity index (χ4n) is 2.13. The maximum atomic E-state index is 6.23. The number of benzene rings is 1. The number of aryl methyl sites for hydroxylation is 3. The van der Waals surface area contributed by atoms with Gasteiger partial charge in [0.1, 0.15) is 12.4 Å². The molecule has 2 rings (SSSR count). The number of nitrogens with two attached hydrogens (primary N) is 1. The van der Waals surface area contributed by atoms with Gasteiger partial charge in [0.25, 0.3) is 0 Å². The van der Waals surface area contributed by atoms with Crippen molar-refractivity contribution in [3.8, 4) is 5.75 Å². The summed E-state index contributed by atoms with van der Waals surface area (Å²) in [4.78, 5) is 0. The van der Waals surface area contributed by atoms with Crippen molar-refractivity contribution in [1.82, 2.24) is 9.78 Å². The summed E-state index contributed by atoms with van der Waals surface area (Å²) in [5.74, 6) is 0.801. The summed E-state index contributed by atoms with van der Waals surface area (Å²) in [5, 5.41) is 4.93. The maximum absolute atomic E-state index is 6.23. The molecule has 0 radical (unpaired) electrons. The van der Waals surface area contributed by atoms with Gasteiger partial charge in [0.2, 0.25) is 0 Å². The summed E-state index contributed by atoms with van der Waals surface area (Å²) in [6.45, 7) is 6.23. The molecule has 20 heavy (non-hydrogen) atoms. The van der Waals surface area contributed by atoms with E-state index in [1.807, 2.05) is 46.0 Å². The van der Waals surface area contributed by atoms with Crippen LogP contribution in [-0.2, 0) is 13.7 Å². The number of hydrogen-bond donors (Lipinski definition) is 1. The van der Waals surface area contributed by atoms with Gasteiger partial charge in [-0.05, 0) is 32.4 Å². The Kier molecular flexibility index (Phi) is 4.35. The first-order chi connectivity index (χ1) is 9.40. The van der Waals surface area contributed by atoms with Gasteiger partial charge >= 0.3 is 0 Å². The minimum Gasteiger partial charge on any atom is -0.487 e. The lowest BCUT2D eigenvalue weighted by Gasteiger charge is -2.15. The molecule has 2 N–H and O–H groups in total. The molecule has 0 saturated heterocycles. The minimum absolute atomic E-state index is 0.0747. The molecule has 0 saturated carbocycles. The molecule has 2 aromatic rings. The molecular weight excluding hydrogens is 274 g/mol. The van der Waals surface area contributed by atoms with Crippen molar-refractivity contribution in [2.45, 2.75) is 33.4 Å². The predicted molar refractivity (Wildman–Crippen MR) is 81.1 cm³/mol. The number of ether oxygens (including phenoxy) is 1. The monoisotopic (exact) mass is 293 g/mol. The van der Waals surface area contributed by atoms with Crippen molar-refractivity contribution in [2.24, 2.45) is 12.8 Å². The normalized spacial score (nSPS) is 12.5. The molecule has 1 heterocycles. The van der Waals surface area contributed by atoms with Crippen LogP contribution in [0, 0.1) is 13.8 Å². The lowest BCUT2D eigenvalue weighted by Crippen LogP contribution is -2.09. The van der Waals surface area contributed by atoms with Crippen LogP contribution >= 0.6 is 11.6 Å². The largest absolute Gasteiger partial charge is 0.487 e.